The average Bonchev–Trinajstić information content (AvgIpc) is 2.01. The lowest BCUT2D eigenvalue weighted by molar-refractivity contribution is -0.119. The Labute approximate surface area is 83.2 Å². The molecule has 6 nitrogen and oxygen atoms in total. The highest BCUT2D eigenvalue weighted by atomic mass is 16.5. The predicted octanol–water partition coefficient (Wildman–Crippen LogP) is -0.804. The number of rotatable bonds is 6. The summed E-state index contributed by atoms with van der Waals surface area (Å²) in [4.78, 5) is 21.1. The molecule has 0 aliphatic carbocycles. The van der Waals surface area contributed by atoms with Gasteiger partial charge in [-0.05, 0) is 13.8 Å². The van der Waals surface area contributed by atoms with Crippen molar-refractivity contribution in [2.45, 2.75) is 20.0 Å². The summed E-state index contributed by atoms with van der Waals surface area (Å²) in [5.41, 5.74) is 4.74. The van der Waals surface area contributed by atoms with Crippen LogP contribution in [0.4, 0.5) is 4.79 Å². The van der Waals surface area contributed by atoms with Gasteiger partial charge in [0.25, 0.3) is 0 Å². The lowest BCUT2D eigenvalue weighted by atomic mass is 10.5. The van der Waals surface area contributed by atoms with Gasteiger partial charge in [0.15, 0.2) is 0 Å². The molecule has 0 aliphatic heterocycles. The Bertz CT molecular complexity index is 194. The molecular weight excluding hydrogens is 186 g/mol. The maximum Gasteiger partial charge on any atom is 0.318 e. The number of urea groups is 1. The summed E-state index contributed by atoms with van der Waals surface area (Å²) in [6.07, 6.45) is 0.177. The van der Waals surface area contributed by atoms with Crippen molar-refractivity contribution in [3.8, 4) is 0 Å². The Balaban J connectivity index is 3.27. The van der Waals surface area contributed by atoms with Crippen LogP contribution in [0.3, 0.4) is 0 Å². The van der Waals surface area contributed by atoms with Crippen LogP contribution in [0.25, 0.3) is 0 Å². The zero-order valence-corrected chi connectivity index (χ0v) is 8.50. The fourth-order valence-electron chi connectivity index (χ4n) is 0.750. The molecule has 0 rings (SSSR count). The number of ether oxygens (including phenoxy) is 1. The fraction of sp³-hybridized carbons (Fsp3) is 0.750. The number of carbonyl (C=O) groups is 2. The highest BCUT2D eigenvalue weighted by Gasteiger charge is 2.02. The largest absolute Gasteiger partial charge is 0.377 e. The molecule has 0 fully saturated rings. The molecule has 0 saturated heterocycles. The smallest absolute Gasteiger partial charge is 0.318 e. The number of nitrogens with one attached hydrogen (secondary N) is 2. The highest BCUT2D eigenvalue weighted by Crippen LogP contribution is 1.84. The van der Waals surface area contributed by atoms with Gasteiger partial charge >= 0.3 is 6.03 Å². The van der Waals surface area contributed by atoms with Gasteiger partial charge in [-0.15, -0.1) is 0 Å². The number of amides is 3. The number of carbonyl (C=O) groups excluding carboxylic acids is 2. The van der Waals surface area contributed by atoms with Crippen LogP contribution in [0.5, 0.6) is 0 Å². The standard InChI is InChI=1S/C8H17N3O3/c1-6(2)14-4-3-10-5-7(12)11-8(9)13/h6,10H,3-5H2,1-2H3,(H3,9,11,12,13). The monoisotopic (exact) mass is 203 g/mol. The van der Waals surface area contributed by atoms with Crippen molar-refractivity contribution in [1.29, 1.82) is 0 Å². The summed E-state index contributed by atoms with van der Waals surface area (Å²) in [5, 5.41) is 4.74. The van der Waals surface area contributed by atoms with Gasteiger partial charge in [-0.3, -0.25) is 10.1 Å². The molecule has 0 atom stereocenters. The summed E-state index contributed by atoms with van der Waals surface area (Å²) in [5.74, 6) is -0.443. The third-order valence-electron chi connectivity index (χ3n) is 1.28. The van der Waals surface area contributed by atoms with Crippen LogP contribution in [0.15, 0.2) is 0 Å². The Hall–Kier alpha value is -1.14. The second-order valence-corrected chi connectivity index (χ2v) is 3.01. The minimum absolute atomic E-state index is 0.0599. The molecule has 0 saturated carbocycles. The number of primary amides is 1. The molecule has 0 unspecified atom stereocenters. The number of hydrogen-bond acceptors (Lipinski definition) is 4. The Morgan fingerprint density at radius 3 is 2.57 bits per heavy atom. The van der Waals surface area contributed by atoms with E-state index in [0.29, 0.717) is 13.2 Å². The third kappa shape index (κ3) is 8.95. The maximum absolute atomic E-state index is 10.8. The van der Waals surface area contributed by atoms with E-state index in [2.05, 4.69) is 5.32 Å². The minimum atomic E-state index is -0.838. The fourth-order valence-corrected chi connectivity index (χ4v) is 0.750. The van der Waals surface area contributed by atoms with Gasteiger partial charge in [-0.2, -0.15) is 0 Å². The molecule has 14 heavy (non-hydrogen) atoms. The molecule has 4 N–H and O–H groups in total. The molecule has 6 heteroatoms. The van der Waals surface area contributed by atoms with E-state index < -0.39 is 11.9 Å². The molecule has 0 aromatic carbocycles. The van der Waals surface area contributed by atoms with Crippen LogP contribution in [-0.4, -0.2) is 37.7 Å². The number of hydrogen-bond donors (Lipinski definition) is 3. The first kappa shape index (κ1) is 12.9. The van der Waals surface area contributed by atoms with E-state index >= 15 is 0 Å². The van der Waals surface area contributed by atoms with Crippen LogP contribution < -0.4 is 16.4 Å². The Morgan fingerprint density at radius 1 is 1.43 bits per heavy atom. The summed E-state index contributed by atoms with van der Waals surface area (Å²) in [6, 6.07) is -0.838. The van der Waals surface area contributed by atoms with Crippen molar-refractivity contribution < 1.29 is 14.3 Å². The van der Waals surface area contributed by atoms with Crippen LogP contribution >= 0.6 is 0 Å². The van der Waals surface area contributed by atoms with E-state index in [1.165, 1.54) is 0 Å². The molecule has 0 bridgehead atoms. The van der Waals surface area contributed by atoms with E-state index in [4.69, 9.17) is 10.5 Å². The van der Waals surface area contributed by atoms with Crippen molar-refractivity contribution in [1.82, 2.24) is 10.6 Å². The van der Waals surface area contributed by atoms with E-state index in [-0.39, 0.29) is 12.6 Å². The van der Waals surface area contributed by atoms with Gasteiger partial charge in [0, 0.05) is 6.54 Å². The zero-order valence-electron chi connectivity index (χ0n) is 8.50. The summed E-state index contributed by atoms with van der Waals surface area (Å²) >= 11 is 0. The van der Waals surface area contributed by atoms with Crippen LogP contribution in [-0.2, 0) is 9.53 Å². The SMILES string of the molecule is CC(C)OCCNCC(=O)NC(N)=O. The molecule has 82 valence electrons. The van der Waals surface area contributed by atoms with Crippen molar-refractivity contribution in [3.63, 3.8) is 0 Å². The predicted molar refractivity (Wildman–Crippen MR) is 51.7 cm³/mol. The van der Waals surface area contributed by atoms with E-state index in [9.17, 15) is 9.59 Å². The normalized spacial score (nSPS) is 10.2. The van der Waals surface area contributed by atoms with Crippen molar-refractivity contribution in [2.24, 2.45) is 5.73 Å². The van der Waals surface area contributed by atoms with Gasteiger partial charge in [-0.25, -0.2) is 4.79 Å². The van der Waals surface area contributed by atoms with Crippen molar-refractivity contribution in [3.05, 3.63) is 0 Å². The average molecular weight is 203 g/mol. The molecule has 0 aromatic rings. The minimum Gasteiger partial charge on any atom is -0.377 e. The summed E-state index contributed by atoms with van der Waals surface area (Å²) < 4.78 is 5.22. The molecule has 0 heterocycles. The topological polar surface area (TPSA) is 93.4 Å². The second kappa shape index (κ2) is 7.28. The Morgan fingerprint density at radius 2 is 2.07 bits per heavy atom. The molecule has 0 radical (unpaired) electrons. The van der Waals surface area contributed by atoms with Gasteiger partial charge in [-0.1, -0.05) is 0 Å². The zero-order chi connectivity index (χ0) is 11.0. The van der Waals surface area contributed by atoms with Crippen LogP contribution in [0.2, 0.25) is 0 Å². The Kier molecular flexibility index (Phi) is 6.69. The lowest BCUT2D eigenvalue weighted by Crippen LogP contribution is -2.41. The quantitative estimate of drug-likeness (QED) is 0.492. The molecule has 0 spiro atoms. The third-order valence-corrected chi connectivity index (χ3v) is 1.28. The lowest BCUT2D eigenvalue weighted by Gasteiger charge is -2.07. The number of nitrogens with two attached hydrogens (primary N) is 1. The first-order valence-corrected chi connectivity index (χ1v) is 4.44. The van der Waals surface area contributed by atoms with Gasteiger partial charge in [0.1, 0.15) is 0 Å². The summed E-state index contributed by atoms with van der Waals surface area (Å²) in [7, 11) is 0. The number of imide groups is 1. The van der Waals surface area contributed by atoms with Crippen molar-refractivity contribution >= 4 is 11.9 Å². The van der Waals surface area contributed by atoms with E-state index in [1.807, 2.05) is 19.2 Å². The van der Waals surface area contributed by atoms with Crippen molar-refractivity contribution in [2.75, 3.05) is 19.7 Å². The molecular formula is C8H17N3O3. The van der Waals surface area contributed by atoms with Crippen LogP contribution in [0, 0.1) is 0 Å². The van der Waals surface area contributed by atoms with Crippen LogP contribution in [0.1, 0.15) is 13.8 Å². The molecule has 3 amide bonds. The van der Waals surface area contributed by atoms with Gasteiger partial charge in [0.05, 0.1) is 19.3 Å². The summed E-state index contributed by atoms with van der Waals surface area (Å²) in [6.45, 7) is 5.01. The molecule has 0 aliphatic rings. The first-order valence-electron chi connectivity index (χ1n) is 4.44. The second-order valence-electron chi connectivity index (χ2n) is 3.01. The highest BCUT2D eigenvalue weighted by molar-refractivity contribution is 5.94. The van der Waals surface area contributed by atoms with E-state index in [1.54, 1.807) is 0 Å². The van der Waals surface area contributed by atoms with E-state index in [0.717, 1.165) is 0 Å². The van der Waals surface area contributed by atoms with Gasteiger partial charge < -0.3 is 15.8 Å². The first-order chi connectivity index (χ1) is 6.52. The molecule has 0 aromatic heterocycles. The maximum atomic E-state index is 10.8. The van der Waals surface area contributed by atoms with Gasteiger partial charge in [0.2, 0.25) is 5.91 Å².